The highest BCUT2D eigenvalue weighted by molar-refractivity contribution is 5.73. The Labute approximate surface area is 128 Å². The number of ether oxygens (including phenoxy) is 2. The summed E-state index contributed by atoms with van der Waals surface area (Å²) >= 11 is 0. The summed E-state index contributed by atoms with van der Waals surface area (Å²) in [5.74, 6) is 1.21. The van der Waals surface area contributed by atoms with Crippen LogP contribution in [0, 0.1) is 10.1 Å². The van der Waals surface area contributed by atoms with E-state index in [9.17, 15) is 10.1 Å². The fourth-order valence-electron chi connectivity index (χ4n) is 1.91. The Bertz CT molecular complexity index is 674. The fraction of sp³-hybridized carbons (Fsp3) is 0.267. The first kappa shape index (κ1) is 15.6. The minimum atomic E-state index is -0.490. The first-order valence-electron chi connectivity index (χ1n) is 6.71. The zero-order valence-corrected chi connectivity index (χ0v) is 12.6. The molecular weight excluding hydrogens is 286 g/mol. The minimum absolute atomic E-state index is 0.0245. The van der Waals surface area contributed by atoms with Crippen LogP contribution in [0.3, 0.4) is 0 Å². The van der Waals surface area contributed by atoms with E-state index in [2.05, 4.69) is 10.3 Å². The molecule has 2 aromatic rings. The molecule has 116 valence electrons. The lowest BCUT2D eigenvalue weighted by Gasteiger charge is -2.15. The Hall–Kier alpha value is -2.83. The van der Waals surface area contributed by atoms with Crippen molar-refractivity contribution in [1.82, 2.24) is 4.98 Å². The third-order valence-electron chi connectivity index (χ3n) is 2.81. The van der Waals surface area contributed by atoms with Crippen molar-refractivity contribution in [3.05, 3.63) is 46.8 Å². The molecule has 0 atom stereocenters. The van der Waals surface area contributed by atoms with Crippen LogP contribution in [0.2, 0.25) is 0 Å². The Morgan fingerprint density at radius 3 is 2.68 bits per heavy atom. The minimum Gasteiger partial charge on any atom is -0.495 e. The lowest BCUT2D eigenvalue weighted by atomic mass is 10.2. The van der Waals surface area contributed by atoms with Crippen molar-refractivity contribution in [2.75, 3.05) is 12.4 Å². The zero-order valence-electron chi connectivity index (χ0n) is 12.6. The largest absolute Gasteiger partial charge is 0.495 e. The summed E-state index contributed by atoms with van der Waals surface area (Å²) in [6, 6.07) is 6.80. The Kier molecular flexibility index (Phi) is 4.77. The summed E-state index contributed by atoms with van der Waals surface area (Å²) in [5.41, 5.74) is 0.801. The van der Waals surface area contributed by atoms with E-state index in [1.807, 2.05) is 13.8 Å². The molecule has 7 nitrogen and oxygen atoms in total. The SMILES string of the molecule is COc1ccc(OC(C)C)cc1Nc1ccncc1[N+](=O)[O-]. The van der Waals surface area contributed by atoms with Gasteiger partial charge in [-0.1, -0.05) is 0 Å². The van der Waals surface area contributed by atoms with E-state index < -0.39 is 4.92 Å². The first-order chi connectivity index (χ1) is 10.5. The molecule has 22 heavy (non-hydrogen) atoms. The van der Waals surface area contributed by atoms with Crippen LogP contribution < -0.4 is 14.8 Å². The lowest BCUT2D eigenvalue weighted by Crippen LogP contribution is -2.06. The van der Waals surface area contributed by atoms with Crippen LogP contribution in [0.15, 0.2) is 36.7 Å². The average molecular weight is 303 g/mol. The number of nitrogens with one attached hydrogen (secondary N) is 1. The molecule has 0 radical (unpaired) electrons. The lowest BCUT2D eigenvalue weighted by molar-refractivity contribution is -0.384. The van der Waals surface area contributed by atoms with E-state index in [0.717, 1.165) is 0 Å². The second-order valence-electron chi connectivity index (χ2n) is 4.80. The number of pyridine rings is 1. The number of methoxy groups -OCH3 is 1. The second kappa shape index (κ2) is 6.75. The second-order valence-corrected chi connectivity index (χ2v) is 4.80. The van der Waals surface area contributed by atoms with Crippen LogP contribution in [-0.2, 0) is 0 Å². The normalized spacial score (nSPS) is 10.4. The van der Waals surface area contributed by atoms with Crippen LogP contribution in [-0.4, -0.2) is 23.1 Å². The molecule has 0 aliphatic carbocycles. The maximum Gasteiger partial charge on any atom is 0.310 e. The zero-order chi connectivity index (χ0) is 16.1. The number of benzene rings is 1. The van der Waals surface area contributed by atoms with Crippen molar-refractivity contribution in [2.24, 2.45) is 0 Å². The number of nitrogens with zero attached hydrogens (tertiary/aromatic N) is 2. The maximum absolute atomic E-state index is 11.0. The molecule has 2 rings (SSSR count). The Morgan fingerprint density at radius 1 is 1.27 bits per heavy atom. The maximum atomic E-state index is 11.0. The van der Waals surface area contributed by atoms with E-state index in [-0.39, 0.29) is 11.8 Å². The number of nitro groups is 1. The number of rotatable bonds is 6. The number of hydrogen-bond acceptors (Lipinski definition) is 6. The summed E-state index contributed by atoms with van der Waals surface area (Å²) in [6.45, 7) is 3.84. The standard InChI is InChI=1S/C15H17N3O4/c1-10(2)22-11-4-5-15(21-3)13(8-11)17-12-6-7-16-9-14(12)18(19)20/h4-10H,1-3H3,(H,16,17). The van der Waals surface area contributed by atoms with Crippen molar-refractivity contribution in [1.29, 1.82) is 0 Å². The van der Waals surface area contributed by atoms with Gasteiger partial charge in [0.1, 0.15) is 23.4 Å². The van der Waals surface area contributed by atoms with Crippen molar-refractivity contribution in [2.45, 2.75) is 20.0 Å². The topological polar surface area (TPSA) is 86.5 Å². The average Bonchev–Trinajstić information content (AvgIpc) is 2.47. The first-order valence-corrected chi connectivity index (χ1v) is 6.71. The molecule has 1 aromatic carbocycles. The van der Waals surface area contributed by atoms with E-state index >= 15 is 0 Å². The quantitative estimate of drug-likeness (QED) is 0.649. The van der Waals surface area contributed by atoms with Gasteiger partial charge in [0.25, 0.3) is 0 Å². The van der Waals surface area contributed by atoms with Crippen LogP contribution in [0.4, 0.5) is 17.1 Å². The molecule has 0 fully saturated rings. The summed E-state index contributed by atoms with van der Waals surface area (Å²) in [5, 5.41) is 14.0. The van der Waals surface area contributed by atoms with Gasteiger partial charge in [0, 0.05) is 12.3 Å². The van der Waals surface area contributed by atoms with Gasteiger partial charge < -0.3 is 14.8 Å². The van der Waals surface area contributed by atoms with Gasteiger partial charge in [0.2, 0.25) is 0 Å². The molecule has 0 saturated carbocycles. The summed E-state index contributed by atoms with van der Waals surface area (Å²) < 4.78 is 10.9. The molecule has 1 heterocycles. The molecule has 0 amide bonds. The van der Waals surface area contributed by atoms with Gasteiger partial charge in [-0.25, -0.2) is 0 Å². The van der Waals surface area contributed by atoms with Gasteiger partial charge in [0.15, 0.2) is 0 Å². The molecule has 1 aromatic heterocycles. The molecule has 0 bridgehead atoms. The number of hydrogen-bond donors (Lipinski definition) is 1. The smallest absolute Gasteiger partial charge is 0.310 e. The molecule has 0 saturated heterocycles. The van der Waals surface area contributed by atoms with Crippen LogP contribution in [0.5, 0.6) is 11.5 Å². The molecule has 0 spiro atoms. The van der Waals surface area contributed by atoms with E-state index in [4.69, 9.17) is 9.47 Å². The van der Waals surface area contributed by atoms with Gasteiger partial charge >= 0.3 is 5.69 Å². The van der Waals surface area contributed by atoms with Gasteiger partial charge in [-0.05, 0) is 32.0 Å². The molecular formula is C15H17N3O4. The van der Waals surface area contributed by atoms with Gasteiger partial charge in [-0.15, -0.1) is 0 Å². The van der Waals surface area contributed by atoms with Crippen LogP contribution in [0.25, 0.3) is 0 Å². The summed E-state index contributed by atoms with van der Waals surface area (Å²) in [6.07, 6.45) is 2.70. The van der Waals surface area contributed by atoms with E-state index in [1.165, 1.54) is 25.6 Å². The number of anilines is 2. The van der Waals surface area contributed by atoms with Crippen molar-refractivity contribution >= 4 is 17.1 Å². The molecule has 1 N–H and O–H groups in total. The van der Waals surface area contributed by atoms with Crippen molar-refractivity contribution < 1.29 is 14.4 Å². The summed E-state index contributed by atoms with van der Waals surface area (Å²) in [7, 11) is 1.53. The fourth-order valence-corrected chi connectivity index (χ4v) is 1.91. The van der Waals surface area contributed by atoms with Crippen LogP contribution in [0.1, 0.15) is 13.8 Å². The molecule has 0 aliphatic rings. The third-order valence-corrected chi connectivity index (χ3v) is 2.81. The van der Waals surface area contributed by atoms with Gasteiger partial charge in [0.05, 0.1) is 23.8 Å². The predicted molar refractivity (Wildman–Crippen MR) is 82.9 cm³/mol. The Morgan fingerprint density at radius 2 is 2.05 bits per heavy atom. The molecule has 0 unspecified atom stereocenters. The molecule has 7 heteroatoms. The number of aromatic nitrogens is 1. The van der Waals surface area contributed by atoms with Crippen molar-refractivity contribution in [3.63, 3.8) is 0 Å². The highest BCUT2D eigenvalue weighted by Gasteiger charge is 2.15. The summed E-state index contributed by atoms with van der Waals surface area (Å²) in [4.78, 5) is 14.3. The van der Waals surface area contributed by atoms with E-state index in [1.54, 1.807) is 18.2 Å². The predicted octanol–water partition coefficient (Wildman–Crippen LogP) is 3.53. The Balaban J connectivity index is 2.37. The van der Waals surface area contributed by atoms with Crippen LogP contribution >= 0.6 is 0 Å². The highest BCUT2D eigenvalue weighted by atomic mass is 16.6. The third kappa shape index (κ3) is 3.63. The van der Waals surface area contributed by atoms with E-state index in [0.29, 0.717) is 22.9 Å². The highest BCUT2D eigenvalue weighted by Crippen LogP contribution is 2.34. The van der Waals surface area contributed by atoms with Gasteiger partial charge in [-0.3, -0.25) is 15.1 Å². The van der Waals surface area contributed by atoms with Crippen molar-refractivity contribution in [3.8, 4) is 11.5 Å². The monoisotopic (exact) mass is 303 g/mol. The molecule has 0 aliphatic heterocycles. The van der Waals surface area contributed by atoms with Gasteiger partial charge in [-0.2, -0.15) is 0 Å².